The van der Waals surface area contributed by atoms with Crippen molar-refractivity contribution in [1.29, 1.82) is 0 Å². The second kappa shape index (κ2) is 9.81. The molecule has 2 heterocycles. The van der Waals surface area contributed by atoms with Gasteiger partial charge in [0.25, 0.3) is 0 Å². The molecule has 2 saturated carbocycles. The topological polar surface area (TPSA) is 57.2 Å². The van der Waals surface area contributed by atoms with Crippen LogP contribution in [0.4, 0.5) is 0 Å². The van der Waals surface area contributed by atoms with E-state index in [0.717, 1.165) is 37.4 Å². The molecule has 2 aliphatic carbocycles. The molecule has 1 spiro atoms. The van der Waals surface area contributed by atoms with Crippen molar-refractivity contribution in [2.75, 3.05) is 33.5 Å². The number of ether oxygens (including phenoxy) is 4. The van der Waals surface area contributed by atoms with E-state index >= 15 is 0 Å². The Hall–Kier alpha value is -2.57. The lowest BCUT2D eigenvalue weighted by Gasteiger charge is -2.55. The Kier molecular flexibility index (Phi) is 6.70. The summed E-state index contributed by atoms with van der Waals surface area (Å²) in [7, 11) is 1.67. The molecule has 4 fully saturated rings. The number of methoxy groups -OCH3 is 1. The highest BCUT2D eigenvalue weighted by molar-refractivity contribution is 5.79. The van der Waals surface area contributed by atoms with E-state index in [0.29, 0.717) is 32.2 Å². The highest BCUT2D eigenvalue weighted by atomic mass is 16.5. The van der Waals surface area contributed by atoms with Crippen LogP contribution in [0, 0.1) is 22.2 Å². The van der Waals surface area contributed by atoms with Crippen LogP contribution >= 0.6 is 0 Å². The molecule has 2 aromatic rings. The first kappa shape index (κ1) is 26.6. The molecular weight excluding hydrogens is 490 g/mol. The summed E-state index contributed by atoms with van der Waals surface area (Å²) in [5, 5.41) is 0. The quantitative estimate of drug-likeness (QED) is 0.376. The monoisotopic (exact) mass is 533 g/mol. The molecule has 0 aromatic heterocycles. The Labute approximate surface area is 233 Å². The van der Waals surface area contributed by atoms with Crippen LogP contribution in [0.3, 0.4) is 0 Å². The van der Waals surface area contributed by atoms with Crippen LogP contribution in [0.1, 0.15) is 76.7 Å². The molecular formula is C33H43NO5. The fourth-order valence-electron chi connectivity index (χ4n) is 9.31. The second-order valence-electron chi connectivity index (χ2n) is 12.5. The number of fused-ring (bicyclic) bond motifs is 1. The van der Waals surface area contributed by atoms with E-state index in [9.17, 15) is 4.79 Å². The smallest absolute Gasteiger partial charge is 0.225 e. The largest absolute Gasteiger partial charge is 0.494 e. The predicted octanol–water partition coefficient (Wildman–Crippen LogP) is 6.36. The number of hydrogen-bond acceptors (Lipinski definition) is 5. The highest BCUT2D eigenvalue weighted by Crippen LogP contribution is 2.85. The van der Waals surface area contributed by atoms with Gasteiger partial charge in [-0.25, -0.2) is 0 Å². The maximum absolute atomic E-state index is 14.2. The van der Waals surface area contributed by atoms with E-state index in [4.69, 9.17) is 18.9 Å². The Morgan fingerprint density at radius 1 is 0.949 bits per heavy atom. The Morgan fingerprint density at radius 2 is 1.56 bits per heavy atom. The fraction of sp³-hybridized carbons (Fsp3) is 0.606. The molecule has 1 amide bonds. The lowest BCUT2D eigenvalue weighted by atomic mass is 9.51. The van der Waals surface area contributed by atoms with Gasteiger partial charge >= 0.3 is 0 Å². The third-order valence-corrected chi connectivity index (χ3v) is 10.6. The van der Waals surface area contributed by atoms with Crippen molar-refractivity contribution in [2.45, 2.75) is 71.6 Å². The molecule has 6 atom stereocenters. The van der Waals surface area contributed by atoms with E-state index in [-0.39, 0.29) is 40.3 Å². The summed E-state index contributed by atoms with van der Waals surface area (Å²) in [5.41, 5.74) is 2.19. The zero-order chi connectivity index (χ0) is 27.4. The minimum atomic E-state index is -0.209. The van der Waals surface area contributed by atoms with Crippen LogP contribution < -0.4 is 9.47 Å². The second-order valence-corrected chi connectivity index (χ2v) is 12.5. The molecule has 0 radical (unpaired) electrons. The summed E-state index contributed by atoms with van der Waals surface area (Å²) in [6.45, 7) is 11.2. The number of carbonyl (C=O) groups is 1. The highest BCUT2D eigenvalue weighted by Gasteiger charge is 2.83. The van der Waals surface area contributed by atoms with Crippen molar-refractivity contribution in [3.8, 4) is 11.5 Å². The van der Waals surface area contributed by atoms with Crippen LogP contribution in [0.2, 0.25) is 0 Å². The van der Waals surface area contributed by atoms with Gasteiger partial charge in [0.2, 0.25) is 5.91 Å². The normalized spacial score (nSPS) is 33.7. The van der Waals surface area contributed by atoms with Crippen LogP contribution in [0.15, 0.2) is 48.5 Å². The first-order valence-electron chi connectivity index (χ1n) is 14.7. The number of carbonyl (C=O) groups excluding carboxylic acids is 1. The van der Waals surface area contributed by atoms with Crippen molar-refractivity contribution in [3.05, 3.63) is 59.7 Å². The van der Waals surface area contributed by atoms with Crippen molar-refractivity contribution in [3.63, 3.8) is 0 Å². The average molecular weight is 534 g/mol. The van der Waals surface area contributed by atoms with Crippen molar-refractivity contribution < 1.29 is 23.7 Å². The van der Waals surface area contributed by atoms with Crippen molar-refractivity contribution >= 4 is 5.91 Å². The van der Waals surface area contributed by atoms with Crippen LogP contribution in [-0.4, -0.2) is 50.4 Å². The standard InChI is InChI=1S/C33H43NO5/c1-6-37-25-12-8-22(9-13-25)28-33-21-24-20-32(33,30(31(24,3)4)34(28)27(35)16-18-36-5)17-19-39-29(33)23-10-14-26(15-11-23)38-7-2/h8-15,24,28-30H,6-7,16-21H2,1-5H3/t24-,28+,29-,30+,32-,33+/m0/s1. The predicted molar refractivity (Wildman–Crippen MR) is 150 cm³/mol. The van der Waals surface area contributed by atoms with Gasteiger partial charge in [-0.05, 0) is 79.8 Å². The first-order chi connectivity index (χ1) is 18.8. The van der Waals surface area contributed by atoms with Gasteiger partial charge in [-0.15, -0.1) is 0 Å². The van der Waals surface area contributed by atoms with Gasteiger partial charge in [-0.2, -0.15) is 0 Å². The molecule has 210 valence electrons. The van der Waals surface area contributed by atoms with Gasteiger partial charge < -0.3 is 23.8 Å². The first-order valence-corrected chi connectivity index (χ1v) is 14.7. The zero-order valence-electron chi connectivity index (χ0n) is 24.1. The molecule has 2 aromatic carbocycles. The summed E-state index contributed by atoms with van der Waals surface area (Å²) in [6, 6.07) is 17.1. The number of amides is 1. The van der Waals surface area contributed by atoms with E-state index in [1.54, 1.807) is 7.11 Å². The Morgan fingerprint density at radius 3 is 2.15 bits per heavy atom. The lowest BCUT2D eigenvalue weighted by Crippen LogP contribution is -2.55. The van der Waals surface area contributed by atoms with Gasteiger partial charge in [-0.3, -0.25) is 4.79 Å². The zero-order valence-corrected chi connectivity index (χ0v) is 24.1. The molecule has 39 heavy (non-hydrogen) atoms. The number of hydrogen-bond donors (Lipinski definition) is 0. The average Bonchev–Trinajstić information content (AvgIpc) is 3.47. The molecule has 0 unspecified atom stereocenters. The van der Waals surface area contributed by atoms with Crippen LogP contribution in [0.5, 0.6) is 11.5 Å². The van der Waals surface area contributed by atoms with E-state index in [2.05, 4.69) is 67.3 Å². The minimum Gasteiger partial charge on any atom is -0.494 e. The van der Waals surface area contributed by atoms with Gasteiger partial charge in [0.05, 0.1) is 38.4 Å². The summed E-state index contributed by atoms with van der Waals surface area (Å²) < 4.78 is 23.8. The van der Waals surface area contributed by atoms with Gasteiger partial charge in [0.1, 0.15) is 11.5 Å². The third kappa shape index (κ3) is 3.70. The van der Waals surface area contributed by atoms with Crippen LogP contribution in [0.25, 0.3) is 0 Å². The van der Waals surface area contributed by atoms with Crippen molar-refractivity contribution in [2.24, 2.45) is 22.2 Å². The molecule has 2 aliphatic heterocycles. The molecule has 0 N–H and O–H groups in total. The maximum Gasteiger partial charge on any atom is 0.225 e. The molecule has 6 heteroatoms. The van der Waals surface area contributed by atoms with Gasteiger partial charge in [-0.1, -0.05) is 38.1 Å². The third-order valence-electron chi connectivity index (χ3n) is 10.6. The fourth-order valence-corrected chi connectivity index (χ4v) is 9.31. The van der Waals surface area contributed by atoms with Crippen molar-refractivity contribution in [1.82, 2.24) is 4.90 Å². The molecule has 6 nitrogen and oxygen atoms in total. The summed E-state index contributed by atoms with van der Waals surface area (Å²) >= 11 is 0. The Bertz CT molecular complexity index is 1190. The number of likely N-dealkylation sites (tertiary alicyclic amines) is 1. The van der Waals surface area contributed by atoms with E-state index in [1.807, 2.05) is 13.8 Å². The summed E-state index contributed by atoms with van der Waals surface area (Å²) in [4.78, 5) is 16.5. The number of benzene rings is 2. The summed E-state index contributed by atoms with van der Waals surface area (Å²) in [5.74, 6) is 2.47. The maximum atomic E-state index is 14.2. The molecule has 2 saturated heterocycles. The number of nitrogens with zero attached hydrogens (tertiary/aromatic N) is 1. The van der Waals surface area contributed by atoms with Gasteiger partial charge in [0, 0.05) is 30.6 Å². The summed E-state index contributed by atoms with van der Waals surface area (Å²) in [6.07, 6.45) is 3.50. The lowest BCUT2D eigenvalue weighted by molar-refractivity contribution is -0.164. The van der Waals surface area contributed by atoms with Crippen LogP contribution in [-0.2, 0) is 14.3 Å². The molecule has 6 rings (SSSR count). The van der Waals surface area contributed by atoms with E-state index in [1.165, 1.54) is 11.1 Å². The molecule has 2 bridgehead atoms. The SMILES string of the molecule is CCOc1ccc([C@@H]2OCC[C@@]34C[C@H]5C[C@@]23[C@@H](c2ccc(OCC)cc2)N(C(=O)CCOC)[C@@H]4C5(C)C)cc1. The Balaban J connectivity index is 1.53. The molecule has 4 aliphatic rings. The van der Waals surface area contributed by atoms with Gasteiger partial charge in [0.15, 0.2) is 0 Å². The number of rotatable bonds is 9. The minimum absolute atomic E-state index is 0.00859. The van der Waals surface area contributed by atoms with E-state index < -0.39 is 0 Å².